The number of allylic oxidation sites excluding steroid dienone is 1. The van der Waals surface area contributed by atoms with E-state index in [1.165, 1.54) is 50.5 Å². The molecule has 0 N–H and O–H groups in total. The molecule has 0 aliphatic heterocycles. The molecule has 0 bridgehead atoms. The molecule has 0 radical (unpaired) electrons. The Kier molecular flexibility index (Phi) is 10.2. The van der Waals surface area contributed by atoms with Gasteiger partial charge in [0.25, 0.3) is 0 Å². The fraction of sp³-hybridized carbons (Fsp3) is 0.810. The van der Waals surface area contributed by atoms with E-state index in [9.17, 15) is 4.79 Å². The third-order valence-electron chi connectivity index (χ3n) is 4.82. The summed E-state index contributed by atoms with van der Waals surface area (Å²) in [5.41, 5.74) is 5.79. The molecule has 1 aliphatic rings. The lowest BCUT2D eigenvalue weighted by Crippen LogP contribution is -2.19. The molecule has 1 heteroatoms. The fourth-order valence-corrected chi connectivity index (χ4v) is 3.35. The van der Waals surface area contributed by atoms with Gasteiger partial charge in [0.05, 0.1) is 0 Å². The summed E-state index contributed by atoms with van der Waals surface area (Å²) in [7, 11) is 0. The summed E-state index contributed by atoms with van der Waals surface area (Å²) in [6.07, 6.45) is 15.4. The summed E-state index contributed by atoms with van der Waals surface area (Å²) < 4.78 is 0. The van der Waals surface area contributed by atoms with Gasteiger partial charge in [-0.3, -0.25) is 4.79 Å². The SMILES string of the molecule is CCCCCCC(C)=C=C(CCCC)C(=O)C1CCCCC1. The zero-order valence-corrected chi connectivity index (χ0v) is 15.2. The number of ketones is 1. The van der Waals surface area contributed by atoms with Crippen molar-refractivity contribution in [1.82, 2.24) is 0 Å². The third kappa shape index (κ3) is 7.45. The first kappa shape index (κ1) is 19.2. The predicted octanol–water partition coefficient (Wildman–Crippen LogP) is 6.77. The van der Waals surface area contributed by atoms with Crippen molar-refractivity contribution in [2.24, 2.45) is 5.92 Å². The van der Waals surface area contributed by atoms with Crippen LogP contribution in [0.1, 0.15) is 104 Å². The summed E-state index contributed by atoms with van der Waals surface area (Å²) in [5, 5.41) is 0. The minimum atomic E-state index is 0.293. The fourth-order valence-electron chi connectivity index (χ4n) is 3.35. The van der Waals surface area contributed by atoms with E-state index in [-0.39, 0.29) is 0 Å². The summed E-state index contributed by atoms with van der Waals surface area (Å²) >= 11 is 0. The van der Waals surface area contributed by atoms with Crippen LogP contribution in [0.15, 0.2) is 16.9 Å². The first-order valence-electron chi connectivity index (χ1n) is 9.68. The number of unbranched alkanes of at least 4 members (excludes halogenated alkanes) is 4. The Balaban J connectivity index is 2.71. The van der Waals surface area contributed by atoms with Crippen LogP contribution in [0.4, 0.5) is 0 Å². The van der Waals surface area contributed by atoms with Gasteiger partial charge >= 0.3 is 0 Å². The van der Waals surface area contributed by atoms with E-state index in [1.807, 2.05) is 0 Å². The average Bonchev–Trinajstić information content (AvgIpc) is 2.55. The van der Waals surface area contributed by atoms with E-state index in [2.05, 4.69) is 26.5 Å². The van der Waals surface area contributed by atoms with Gasteiger partial charge in [0.2, 0.25) is 0 Å². The number of Topliss-reactive ketones (excluding diaryl/α,β-unsaturated/α-hetero) is 1. The van der Waals surface area contributed by atoms with Crippen molar-refractivity contribution in [3.8, 4) is 0 Å². The summed E-state index contributed by atoms with van der Waals surface area (Å²) in [6, 6.07) is 0. The molecule has 0 spiro atoms. The molecule has 22 heavy (non-hydrogen) atoms. The van der Waals surface area contributed by atoms with Crippen LogP contribution in [-0.2, 0) is 4.79 Å². The highest BCUT2D eigenvalue weighted by Gasteiger charge is 2.23. The largest absolute Gasteiger partial charge is 0.294 e. The Bertz CT molecular complexity index is 379. The summed E-state index contributed by atoms with van der Waals surface area (Å²) in [4.78, 5) is 12.8. The molecule has 0 unspecified atom stereocenters. The zero-order valence-electron chi connectivity index (χ0n) is 15.2. The van der Waals surface area contributed by atoms with Crippen molar-refractivity contribution in [2.45, 2.75) is 104 Å². The van der Waals surface area contributed by atoms with Crippen molar-refractivity contribution in [1.29, 1.82) is 0 Å². The Morgan fingerprint density at radius 3 is 2.23 bits per heavy atom. The number of rotatable bonds is 10. The molecule has 0 saturated heterocycles. The van der Waals surface area contributed by atoms with Crippen molar-refractivity contribution in [2.75, 3.05) is 0 Å². The van der Waals surface area contributed by atoms with Gasteiger partial charge in [-0.25, -0.2) is 0 Å². The Morgan fingerprint density at radius 2 is 1.59 bits per heavy atom. The second kappa shape index (κ2) is 11.7. The molecule has 0 atom stereocenters. The molecule has 1 saturated carbocycles. The van der Waals surface area contributed by atoms with Gasteiger partial charge in [-0.1, -0.05) is 58.8 Å². The minimum absolute atomic E-state index is 0.293. The van der Waals surface area contributed by atoms with Gasteiger partial charge in [-0.15, -0.1) is 5.73 Å². The molecule has 1 nitrogen and oxygen atoms in total. The maximum atomic E-state index is 12.8. The third-order valence-corrected chi connectivity index (χ3v) is 4.82. The van der Waals surface area contributed by atoms with Crippen LogP contribution < -0.4 is 0 Å². The maximum Gasteiger partial charge on any atom is 0.169 e. The lowest BCUT2D eigenvalue weighted by molar-refractivity contribution is -0.120. The van der Waals surface area contributed by atoms with Gasteiger partial charge < -0.3 is 0 Å². The molecule has 0 heterocycles. The number of carbonyl (C=O) groups excluding carboxylic acids is 1. The minimum Gasteiger partial charge on any atom is -0.294 e. The highest BCUT2D eigenvalue weighted by atomic mass is 16.1. The van der Waals surface area contributed by atoms with E-state index >= 15 is 0 Å². The smallest absolute Gasteiger partial charge is 0.169 e. The first-order valence-corrected chi connectivity index (χ1v) is 9.68. The van der Waals surface area contributed by atoms with E-state index in [4.69, 9.17) is 0 Å². The first-order chi connectivity index (χ1) is 10.7. The Hall–Kier alpha value is -0.810. The van der Waals surface area contributed by atoms with Crippen molar-refractivity contribution >= 4 is 5.78 Å². The molecule has 1 rings (SSSR count). The summed E-state index contributed by atoms with van der Waals surface area (Å²) in [6.45, 7) is 6.60. The Morgan fingerprint density at radius 1 is 0.909 bits per heavy atom. The van der Waals surface area contributed by atoms with E-state index in [0.717, 1.165) is 44.1 Å². The number of hydrogen-bond acceptors (Lipinski definition) is 1. The quantitative estimate of drug-likeness (QED) is 0.247. The van der Waals surface area contributed by atoms with Gasteiger partial charge in [0, 0.05) is 11.5 Å². The van der Waals surface area contributed by atoms with E-state index < -0.39 is 0 Å². The molecule has 0 amide bonds. The van der Waals surface area contributed by atoms with Crippen LogP contribution in [0.5, 0.6) is 0 Å². The molecule has 126 valence electrons. The normalized spacial score (nSPS) is 15.4. The van der Waals surface area contributed by atoms with Crippen LogP contribution in [0.2, 0.25) is 0 Å². The zero-order chi connectivity index (χ0) is 16.2. The van der Waals surface area contributed by atoms with Gasteiger partial charge in [-0.05, 0) is 51.0 Å². The molecule has 0 aromatic heterocycles. The van der Waals surface area contributed by atoms with Crippen LogP contribution in [-0.4, -0.2) is 5.78 Å². The van der Waals surface area contributed by atoms with E-state index in [1.54, 1.807) is 0 Å². The van der Waals surface area contributed by atoms with Crippen molar-refractivity contribution in [3.63, 3.8) is 0 Å². The lowest BCUT2D eigenvalue weighted by Gasteiger charge is -2.21. The van der Waals surface area contributed by atoms with Gasteiger partial charge in [0.15, 0.2) is 5.78 Å². The van der Waals surface area contributed by atoms with Crippen molar-refractivity contribution in [3.05, 3.63) is 16.9 Å². The van der Waals surface area contributed by atoms with Crippen LogP contribution in [0.3, 0.4) is 0 Å². The molecule has 0 aromatic rings. The highest BCUT2D eigenvalue weighted by Crippen LogP contribution is 2.28. The lowest BCUT2D eigenvalue weighted by atomic mass is 9.82. The monoisotopic (exact) mass is 304 g/mol. The number of carbonyl (C=O) groups is 1. The standard InChI is InChI=1S/C21H36O/c1-4-6-8-10-13-18(3)17-20(14-7-5-2)21(22)19-15-11-9-12-16-19/h19H,4-16H2,1-3H3. The van der Waals surface area contributed by atoms with Crippen LogP contribution in [0, 0.1) is 5.92 Å². The van der Waals surface area contributed by atoms with E-state index in [0.29, 0.717) is 11.7 Å². The average molecular weight is 305 g/mol. The topological polar surface area (TPSA) is 17.1 Å². The predicted molar refractivity (Wildman–Crippen MR) is 96.1 cm³/mol. The molecule has 1 fully saturated rings. The molecule has 1 aliphatic carbocycles. The highest BCUT2D eigenvalue weighted by molar-refractivity contribution is 5.97. The second-order valence-electron chi connectivity index (χ2n) is 7.00. The molecule has 0 aromatic carbocycles. The van der Waals surface area contributed by atoms with Crippen LogP contribution >= 0.6 is 0 Å². The summed E-state index contributed by atoms with van der Waals surface area (Å²) in [5.74, 6) is 0.710. The van der Waals surface area contributed by atoms with Gasteiger partial charge in [-0.2, -0.15) is 0 Å². The van der Waals surface area contributed by atoms with Crippen molar-refractivity contribution < 1.29 is 4.79 Å². The maximum absolute atomic E-state index is 12.8. The molecular weight excluding hydrogens is 268 g/mol. The van der Waals surface area contributed by atoms with Gasteiger partial charge in [0.1, 0.15) is 0 Å². The number of hydrogen-bond donors (Lipinski definition) is 0. The van der Waals surface area contributed by atoms with Crippen LogP contribution in [0.25, 0.3) is 0 Å². The Labute approximate surface area is 138 Å². The second-order valence-corrected chi connectivity index (χ2v) is 7.00. The molecular formula is C21H36O.